The number of oxazole rings is 1. The first-order chi connectivity index (χ1) is 15.3. The molecule has 158 valence electrons. The van der Waals surface area contributed by atoms with Crippen LogP contribution in [0.1, 0.15) is 18.7 Å². The average Bonchev–Trinajstić information content (AvgIpc) is 3.56. The van der Waals surface area contributed by atoms with Crippen molar-refractivity contribution < 1.29 is 9.15 Å². The Morgan fingerprint density at radius 1 is 1.03 bits per heavy atom. The minimum absolute atomic E-state index is 0.174. The number of ether oxygens (including phenoxy) is 1. The minimum Gasteiger partial charge on any atom is -0.440 e. The fraction of sp³-hybridized carbons (Fsp3) is 0.261. The highest BCUT2D eigenvalue weighted by molar-refractivity contribution is 7.98. The summed E-state index contributed by atoms with van der Waals surface area (Å²) in [6, 6.07) is 17.6. The molecule has 0 aliphatic carbocycles. The van der Waals surface area contributed by atoms with Gasteiger partial charge in [-0.2, -0.15) is 0 Å². The third kappa shape index (κ3) is 4.69. The van der Waals surface area contributed by atoms with E-state index in [2.05, 4.69) is 19.7 Å². The molecule has 1 saturated heterocycles. The molecule has 1 aliphatic heterocycles. The zero-order chi connectivity index (χ0) is 21.0. The van der Waals surface area contributed by atoms with Gasteiger partial charge in [-0.3, -0.25) is 4.57 Å². The van der Waals surface area contributed by atoms with Crippen molar-refractivity contribution >= 4 is 23.4 Å². The summed E-state index contributed by atoms with van der Waals surface area (Å²) < 4.78 is 13.9. The summed E-state index contributed by atoms with van der Waals surface area (Å²) in [5, 5.41) is 10.4. The molecule has 4 aromatic rings. The third-order valence-electron chi connectivity index (χ3n) is 5.17. The Kier molecular flexibility index (Phi) is 6.06. The van der Waals surface area contributed by atoms with Crippen molar-refractivity contribution in [1.29, 1.82) is 0 Å². The van der Waals surface area contributed by atoms with Crippen LogP contribution in [0.25, 0.3) is 22.7 Å². The van der Waals surface area contributed by atoms with Gasteiger partial charge >= 0.3 is 0 Å². The molecule has 31 heavy (non-hydrogen) atoms. The van der Waals surface area contributed by atoms with E-state index in [1.165, 1.54) is 0 Å². The van der Waals surface area contributed by atoms with Gasteiger partial charge in [0.25, 0.3) is 0 Å². The van der Waals surface area contributed by atoms with Gasteiger partial charge in [-0.1, -0.05) is 53.7 Å². The second-order valence-corrected chi connectivity index (χ2v) is 8.71. The molecule has 2 aromatic heterocycles. The van der Waals surface area contributed by atoms with E-state index in [0.717, 1.165) is 47.3 Å². The molecule has 1 fully saturated rings. The van der Waals surface area contributed by atoms with Gasteiger partial charge in [0.2, 0.25) is 5.89 Å². The second kappa shape index (κ2) is 9.26. The summed E-state index contributed by atoms with van der Waals surface area (Å²) in [6.07, 6.45) is 4.07. The first-order valence-electron chi connectivity index (χ1n) is 10.2. The van der Waals surface area contributed by atoms with E-state index in [0.29, 0.717) is 23.2 Å². The summed E-state index contributed by atoms with van der Waals surface area (Å²) in [6.45, 7) is 1.53. The lowest BCUT2D eigenvalue weighted by Gasteiger charge is -2.14. The molecule has 8 heteroatoms. The number of halogens is 1. The molecule has 0 unspecified atom stereocenters. The largest absolute Gasteiger partial charge is 0.440 e. The number of benzene rings is 2. The van der Waals surface area contributed by atoms with E-state index in [9.17, 15) is 0 Å². The predicted octanol–water partition coefficient (Wildman–Crippen LogP) is 5.72. The number of hydrogen-bond donors (Lipinski definition) is 0. The Bertz CT molecular complexity index is 1140. The first kappa shape index (κ1) is 20.3. The lowest BCUT2D eigenvalue weighted by molar-refractivity contribution is 0.0953. The van der Waals surface area contributed by atoms with Crippen molar-refractivity contribution in [3.05, 3.63) is 71.7 Å². The van der Waals surface area contributed by atoms with Crippen molar-refractivity contribution in [2.45, 2.75) is 36.4 Å². The predicted molar refractivity (Wildman–Crippen MR) is 121 cm³/mol. The summed E-state index contributed by atoms with van der Waals surface area (Å²) in [5.74, 6) is 2.80. The van der Waals surface area contributed by atoms with Gasteiger partial charge in [0.15, 0.2) is 16.7 Å². The summed E-state index contributed by atoms with van der Waals surface area (Å²) >= 11 is 7.62. The van der Waals surface area contributed by atoms with Crippen LogP contribution < -0.4 is 0 Å². The number of aromatic nitrogens is 4. The van der Waals surface area contributed by atoms with Crippen LogP contribution in [0.15, 0.2) is 70.4 Å². The SMILES string of the molecule is Clc1ccc(-c2nnc(SCc3ncc(-c4ccccc4)o3)n2C[C@H]2CCCO2)cc1. The molecule has 0 spiro atoms. The lowest BCUT2D eigenvalue weighted by atomic mass is 10.2. The Morgan fingerprint density at radius 3 is 2.65 bits per heavy atom. The fourth-order valence-electron chi connectivity index (χ4n) is 3.60. The molecule has 2 aromatic carbocycles. The molecule has 0 bridgehead atoms. The normalized spacial score (nSPS) is 16.1. The van der Waals surface area contributed by atoms with Gasteiger partial charge in [-0.25, -0.2) is 4.98 Å². The molecule has 1 atom stereocenters. The van der Waals surface area contributed by atoms with Crippen molar-refractivity contribution in [2.75, 3.05) is 6.61 Å². The van der Waals surface area contributed by atoms with E-state index in [1.807, 2.05) is 54.6 Å². The minimum atomic E-state index is 0.174. The van der Waals surface area contributed by atoms with Crippen molar-refractivity contribution in [2.24, 2.45) is 0 Å². The van der Waals surface area contributed by atoms with E-state index in [4.69, 9.17) is 20.8 Å². The molecule has 3 heterocycles. The quantitative estimate of drug-likeness (QED) is 0.334. The van der Waals surface area contributed by atoms with Crippen LogP contribution in [0.3, 0.4) is 0 Å². The van der Waals surface area contributed by atoms with Gasteiger partial charge in [0.05, 0.1) is 24.6 Å². The van der Waals surface area contributed by atoms with Crippen LogP contribution in [0.2, 0.25) is 5.02 Å². The zero-order valence-electron chi connectivity index (χ0n) is 16.8. The fourth-order valence-corrected chi connectivity index (χ4v) is 4.53. The monoisotopic (exact) mass is 452 g/mol. The van der Waals surface area contributed by atoms with Gasteiger partial charge in [-0.05, 0) is 37.1 Å². The topological polar surface area (TPSA) is 66.0 Å². The lowest BCUT2D eigenvalue weighted by Crippen LogP contribution is -2.16. The number of hydrogen-bond acceptors (Lipinski definition) is 6. The van der Waals surface area contributed by atoms with E-state index in [1.54, 1.807) is 18.0 Å². The third-order valence-corrected chi connectivity index (χ3v) is 6.37. The molecule has 1 aliphatic rings. The zero-order valence-corrected chi connectivity index (χ0v) is 18.4. The smallest absolute Gasteiger partial charge is 0.205 e. The van der Waals surface area contributed by atoms with Gasteiger partial charge < -0.3 is 9.15 Å². The summed E-state index contributed by atoms with van der Waals surface area (Å²) in [4.78, 5) is 4.43. The highest BCUT2D eigenvalue weighted by atomic mass is 35.5. The molecular weight excluding hydrogens is 432 g/mol. The summed E-state index contributed by atoms with van der Waals surface area (Å²) in [7, 11) is 0. The molecule has 5 rings (SSSR count). The Hall–Kier alpha value is -2.61. The molecule has 0 N–H and O–H groups in total. The first-order valence-corrected chi connectivity index (χ1v) is 11.6. The van der Waals surface area contributed by atoms with Gasteiger partial charge in [0.1, 0.15) is 0 Å². The average molecular weight is 453 g/mol. The Labute approximate surface area is 189 Å². The highest BCUT2D eigenvalue weighted by Gasteiger charge is 2.22. The molecule has 0 saturated carbocycles. The molecular formula is C23H21ClN4O2S. The number of rotatable bonds is 7. The summed E-state index contributed by atoms with van der Waals surface area (Å²) in [5.41, 5.74) is 1.99. The van der Waals surface area contributed by atoms with Crippen LogP contribution in [0.4, 0.5) is 0 Å². The second-order valence-electron chi connectivity index (χ2n) is 7.33. The van der Waals surface area contributed by atoms with E-state index in [-0.39, 0.29) is 6.10 Å². The van der Waals surface area contributed by atoms with Crippen LogP contribution in [0.5, 0.6) is 0 Å². The maximum atomic E-state index is 6.06. The molecule has 6 nitrogen and oxygen atoms in total. The van der Waals surface area contributed by atoms with Crippen molar-refractivity contribution in [1.82, 2.24) is 19.7 Å². The Morgan fingerprint density at radius 2 is 1.87 bits per heavy atom. The van der Waals surface area contributed by atoms with Crippen LogP contribution in [0, 0.1) is 0 Å². The maximum Gasteiger partial charge on any atom is 0.205 e. The van der Waals surface area contributed by atoms with E-state index < -0.39 is 0 Å². The van der Waals surface area contributed by atoms with Crippen LogP contribution in [-0.2, 0) is 17.0 Å². The highest BCUT2D eigenvalue weighted by Crippen LogP contribution is 2.30. The van der Waals surface area contributed by atoms with Crippen LogP contribution >= 0.6 is 23.4 Å². The number of nitrogens with zero attached hydrogens (tertiary/aromatic N) is 4. The van der Waals surface area contributed by atoms with Gasteiger partial charge in [-0.15, -0.1) is 10.2 Å². The van der Waals surface area contributed by atoms with Crippen molar-refractivity contribution in [3.63, 3.8) is 0 Å². The van der Waals surface area contributed by atoms with E-state index >= 15 is 0 Å². The van der Waals surface area contributed by atoms with Gasteiger partial charge in [0, 0.05) is 22.8 Å². The molecule has 0 radical (unpaired) electrons. The standard InChI is InChI=1S/C23H21ClN4O2S/c24-18-10-8-17(9-11-18)22-26-27-23(28(22)14-19-7-4-12-29-19)31-15-21-25-13-20(30-21)16-5-2-1-3-6-16/h1-3,5-6,8-11,13,19H,4,7,12,14-15H2/t19-/m1/s1. The molecule has 0 amide bonds. The maximum absolute atomic E-state index is 6.06. The number of thioether (sulfide) groups is 1. The Balaban J connectivity index is 1.37. The van der Waals surface area contributed by atoms with Crippen molar-refractivity contribution in [3.8, 4) is 22.7 Å². The van der Waals surface area contributed by atoms with Crippen LogP contribution in [-0.4, -0.2) is 32.5 Å².